The molecule has 1 N–H and O–H groups in total. The molecule has 0 radical (unpaired) electrons. The van der Waals surface area contributed by atoms with Gasteiger partial charge in [0, 0.05) is 23.7 Å². The molecule has 2 nitrogen and oxygen atoms in total. The van der Waals surface area contributed by atoms with Gasteiger partial charge >= 0.3 is 0 Å². The summed E-state index contributed by atoms with van der Waals surface area (Å²) >= 11 is 0. The number of aromatic nitrogens is 1. The third kappa shape index (κ3) is 2.29. The van der Waals surface area contributed by atoms with Crippen molar-refractivity contribution in [2.75, 3.05) is 0 Å². The van der Waals surface area contributed by atoms with E-state index in [1.807, 2.05) is 13.0 Å². The molecule has 2 aromatic rings. The van der Waals surface area contributed by atoms with Crippen LogP contribution < -0.4 is 5.32 Å². The van der Waals surface area contributed by atoms with Gasteiger partial charge in [0.05, 0.1) is 5.52 Å². The van der Waals surface area contributed by atoms with Crippen molar-refractivity contribution in [1.82, 2.24) is 10.3 Å². The van der Waals surface area contributed by atoms with Crippen LogP contribution in [0.5, 0.6) is 0 Å². The largest absolute Gasteiger partial charge is 0.310 e. The molecular weight excluding hydrogens is 215 g/mol. The van der Waals surface area contributed by atoms with Gasteiger partial charge in [-0.05, 0) is 49.6 Å². The minimum Gasteiger partial charge on any atom is -0.310 e. The molecule has 1 heterocycles. The van der Waals surface area contributed by atoms with E-state index < -0.39 is 0 Å². The van der Waals surface area contributed by atoms with Crippen LogP contribution in [0, 0.1) is 12.7 Å². The van der Waals surface area contributed by atoms with E-state index in [0.717, 1.165) is 28.7 Å². The Bertz CT molecular complexity index is 561. The van der Waals surface area contributed by atoms with Gasteiger partial charge in [0.2, 0.25) is 0 Å². The predicted octanol–water partition coefficient (Wildman–Crippen LogP) is 2.93. The molecule has 0 amide bonds. The molecule has 0 saturated heterocycles. The summed E-state index contributed by atoms with van der Waals surface area (Å²) in [7, 11) is 0. The van der Waals surface area contributed by atoms with Crippen LogP contribution in [0.25, 0.3) is 10.9 Å². The van der Waals surface area contributed by atoms with Gasteiger partial charge in [-0.25, -0.2) is 4.39 Å². The number of pyridine rings is 1. The standard InChI is InChI=1S/C14H15FN2/c1-9-6-10(8-16-12-3-4-12)13-7-11(15)2-5-14(13)17-9/h2,5-7,12,16H,3-4,8H2,1H3. The van der Waals surface area contributed by atoms with E-state index in [-0.39, 0.29) is 5.82 Å². The second-order valence-electron chi connectivity index (χ2n) is 4.74. The Kier molecular flexibility index (Phi) is 2.56. The van der Waals surface area contributed by atoms with Crippen LogP contribution in [-0.2, 0) is 6.54 Å². The molecular formula is C14H15FN2. The summed E-state index contributed by atoms with van der Waals surface area (Å²) < 4.78 is 13.3. The molecule has 17 heavy (non-hydrogen) atoms. The number of hydrogen-bond acceptors (Lipinski definition) is 2. The summed E-state index contributed by atoms with van der Waals surface area (Å²) in [5.74, 6) is -0.198. The number of nitrogens with zero attached hydrogens (tertiary/aromatic N) is 1. The molecule has 3 heteroatoms. The Hall–Kier alpha value is -1.48. The monoisotopic (exact) mass is 230 g/mol. The Morgan fingerprint density at radius 3 is 2.94 bits per heavy atom. The summed E-state index contributed by atoms with van der Waals surface area (Å²) in [5, 5.41) is 4.38. The van der Waals surface area contributed by atoms with Crippen molar-refractivity contribution in [3.05, 3.63) is 41.3 Å². The third-order valence-electron chi connectivity index (χ3n) is 3.14. The van der Waals surface area contributed by atoms with E-state index in [2.05, 4.69) is 10.3 Å². The number of benzene rings is 1. The van der Waals surface area contributed by atoms with Crippen molar-refractivity contribution < 1.29 is 4.39 Å². The molecule has 1 fully saturated rings. The molecule has 1 aromatic heterocycles. The van der Waals surface area contributed by atoms with E-state index in [9.17, 15) is 4.39 Å². The summed E-state index contributed by atoms with van der Waals surface area (Å²) in [5.41, 5.74) is 3.00. The SMILES string of the molecule is Cc1cc(CNC2CC2)c2cc(F)ccc2n1. The van der Waals surface area contributed by atoms with Crippen molar-refractivity contribution in [2.45, 2.75) is 32.4 Å². The predicted molar refractivity (Wildman–Crippen MR) is 66.3 cm³/mol. The zero-order chi connectivity index (χ0) is 11.8. The smallest absolute Gasteiger partial charge is 0.123 e. The lowest BCUT2D eigenvalue weighted by molar-refractivity contribution is 0.629. The lowest BCUT2D eigenvalue weighted by Gasteiger charge is -2.08. The van der Waals surface area contributed by atoms with Crippen molar-refractivity contribution >= 4 is 10.9 Å². The second kappa shape index (κ2) is 4.08. The molecule has 0 spiro atoms. The van der Waals surface area contributed by atoms with Gasteiger partial charge < -0.3 is 5.32 Å². The Labute approximate surface area is 99.9 Å². The average Bonchev–Trinajstić information content (AvgIpc) is 3.10. The maximum atomic E-state index is 13.3. The van der Waals surface area contributed by atoms with E-state index >= 15 is 0 Å². The summed E-state index contributed by atoms with van der Waals surface area (Å²) in [6, 6.07) is 7.49. The van der Waals surface area contributed by atoms with Crippen LogP contribution in [-0.4, -0.2) is 11.0 Å². The van der Waals surface area contributed by atoms with Crippen LogP contribution in [0.4, 0.5) is 4.39 Å². The van der Waals surface area contributed by atoms with Gasteiger partial charge in [-0.15, -0.1) is 0 Å². The van der Waals surface area contributed by atoms with Crippen LogP contribution >= 0.6 is 0 Å². The highest BCUT2D eigenvalue weighted by molar-refractivity contribution is 5.82. The first-order valence-electron chi connectivity index (χ1n) is 6.01. The van der Waals surface area contributed by atoms with Crippen LogP contribution in [0.1, 0.15) is 24.1 Å². The fraction of sp³-hybridized carbons (Fsp3) is 0.357. The summed E-state index contributed by atoms with van der Waals surface area (Å²) in [6.07, 6.45) is 2.52. The maximum absolute atomic E-state index is 13.3. The van der Waals surface area contributed by atoms with E-state index in [0.29, 0.717) is 6.04 Å². The Balaban J connectivity index is 2.02. The molecule has 88 valence electrons. The quantitative estimate of drug-likeness (QED) is 0.877. The topological polar surface area (TPSA) is 24.9 Å². The fourth-order valence-corrected chi connectivity index (χ4v) is 2.10. The number of nitrogens with one attached hydrogen (secondary N) is 1. The van der Waals surface area contributed by atoms with Crippen LogP contribution in [0.2, 0.25) is 0 Å². The highest BCUT2D eigenvalue weighted by Gasteiger charge is 2.20. The van der Waals surface area contributed by atoms with E-state index in [1.54, 1.807) is 12.1 Å². The van der Waals surface area contributed by atoms with Gasteiger partial charge in [-0.2, -0.15) is 0 Å². The lowest BCUT2D eigenvalue weighted by Crippen LogP contribution is -2.15. The minimum atomic E-state index is -0.198. The highest BCUT2D eigenvalue weighted by Crippen LogP contribution is 2.23. The molecule has 3 rings (SSSR count). The number of rotatable bonds is 3. The third-order valence-corrected chi connectivity index (χ3v) is 3.14. The minimum absolute atomic E-state index is 0.198. The maximum Gasteiger partial charge on any atom is 0.123 e. The molecule has 0 unspecified atom stereocenters. The molecule has 0 aliphatic heterocycles. The van der Waals surface area contributed by atoms with E-state index in [1.165, 1.54) is 18.9 Å². The van der Waals surface area contributed by atoms with Gasteiger partial charge in [0.1, 0.15) is 5.82 Å². The number of fused-ring (bicyclic) bond motifs is 1. The van der Waals surface area contributed by atoms with Gasteiger partial charge in [-0.3, -0.25) is 4.98 Å². The van der Waals surface area contributed by atoms with Crippen molar-refractivity contribution in [2.24, 2.45) is 0 Å². The highest BCUT2D eigenvalue weighted by atomic mass is 19.1. The fourth-order valence-electron chi connectivity index (χ4n) is 2.10. The summed E-state index contributed by atoms with van der Waals surface area (Å²) in [6.45, 7) is 2.78. The Morgan fingerprint density at radius 2 is 2.18 bits per heavy atom. The average molecular weight is 230 g/mol. The molecule has 1 aliphatic carbocycles. The van der Waals surface area contributed by atoms with Crippen LogP contribution in [0.3, 0.4) is 0 Å². The summed E-state index contributed by atoms with van der Waals surface area (Å²) in [4.78, 5) is 4.43. The van der Waals surface area contributed by atoms with Crippen LogP contribution in [0.15, 0.2) is 24.3 Å². The first kappa shape index (κ1) is 10.7. The zero-order valence-corrected chi connectivity index (χ0v) is 9.83. The lowest BCUT2D eigenvalue weighted by atomic mass is 10.1. The van der Waals surface area contributed by atoms with Crippen molar-refractivity contribution in [3.63, 3.8) is 0 Å². The van der Waals surface area contributed by atoms with Gasteiger partial charge in [0.15, 0.2) is 0 Å². The molecule has 1 aromatic carbocycles. The normalized spacial score (nSPS) is 15.4. The second-order valence-corrected chi connectivity index (χ2v) is 4.74. The molecule has 0 atom stereocenters. The number of aryl methyl sites for hydroxylation is 1. The molecule has 1 aliphatic rings. The van der Waals surface area contributed by atoms with Crippen molar-refractivity contribution in [3.8, 4) is 0 Å². The van der Waals surface area contributed by atoms with Crippen molar-refractivity contribution in [1.29, 1.82) is 0 Å². The van der Waals surface area contributed by atoms with Gasteiger partial charge in [0.25, 0.3) is 0 Å². The first-order chi connectivity index (χ1) is 8.22. The molecule has 0 bridgehead atoms. The Morgan fingerprint density at radius 1 is 1.35 bits per heavy atom. The first-order valence-corrected chi connectivity index (χ1v) is 6.01. The van der Waals surface area contributed by atoms with Gasteiger partial charge in [-0.1, -0.05) is 0 Å². The number of halogens is 1. The number of hydrogen-bond donors (Lipinski definition) is 1. The molecule has 1 saturated carbocycles. The van der Waals surface area contributed by atoms with E-state index in [4.69, 9.17) is 0 Å². The zero-order valence-electron chi connectivity index (χ0n) is 9.83.